The fraction of sp³-hybridized carbons (Fsp3) is 0.476. The second-order valence-corrected chi connectivity index (χ2v) is 7.61. The highest BCUT2D eigenvalue weighted by Crippen LogP contribution is 2.32. The standard InChI is InChI=1S/C21H26N6O/c1-2-4-18(5-3-1)27-15-24-19-20(22-14-23-21(19)27)25-16-6-8-17(9-7-16)26-10-12-28-13-11-26/h6-9,14-15,18H,1-5,10-13H2,(H,22,23,25). The van der Waals surface area contributed by atoms with Crippen LogP contribution in [0.5, 0.6) is 0 Å². The number of hydrogen-bond acceptors (Lipinski definition) is 6. The number of nitrogens with zero attached hydrogens (tertiary/aromatic N) is 5. The number of imidazole rings is 1. The van der Waals surface area contributed by atoms with Crippen LogP contribution in [0.3, 0.4) is 0 Å². The highest BCUT2D eigenvalue weighted by atomic mass is 16.5. The van der Waals surface area contributed by atoms with Gasteiger partial charge in [0.25, 0.3) is 0 Å². The van der Waals surface area contributed by atoms with Crippen LogP contribution in [0.4, 0.5) is 17.2 Å². The second-order valence-electron chi connectivity index (χ2n) is 7.61. The molecule has 3 heterocycles. The molecule has 0 bridgehead atoms. The van der Waals surface area contributed by atoms with Gasteiger partial charge in [-0.15, -0.1) is 0 Å². The molecule has 1 aromatic carbocycles. The molecule has 7 nitrogen and oxygen atoms in total. The Bertz CT molecular complexity index is 926. The van der Waals surface area contributed by atoms with Gasteiger partial charge >= 0.3 is 0 Å². The number of ether oxygens (including phenoxy) is 1. The van der Waals surface area contributed by atoms with Gasteiger partial charge in [-0.2, -0.15) is 0 Å². The van der Waals surface area contributed by atoms with Crippen LogP contribution in [0.1, 0.15) is 38.1 Å². The fourth-order valence-electron chi connectivity index (χ4n) is 4.28. The molecule has 2 aliphatic rings. The zero-order valence-corrected chi connectivity index (χ0v) is 16.0. The lowest BCUT2D eigenvalue weighted by atomic mass is 9.95. The Hall–Kier alpha value is -2.67. The number of anilines is 3. The van der Waals surface area contributed by atoms with Crippen LogP contribution in [0.25, 0.3) is 11.2 Å². The Morgan fingerprint density at radius 1 is 0.929 bits per heavy atom. The Balaban J connectivity index is 1.37. The number of fused-ring (bicyclic) bond motifs is 1. The molecule has 1 aliphatic heterocycles. The minimum absolute atomic E-state index is 0.509. The zero-order chi connectivity index (χ0) is 18.8. The number of rotatable bonds is 4. The molecule has 28 heavy (non-hydrogen) atoms. The molecule has 5 rings (SSSR count). The van der Waals surface area contributed by atoms with Crippen molar-refractivity contribution in [2.45, 2.75) is 38.1 Å². The molecule has 0 spiro atoms. The van der Waals surface area contributed by atoms with E-state index >= 15 is 0 Å². The molecule has 3 aromatic rings. The van der Waals surface area contributed by atoms with Crippen molar-refractivity contribution in [1.82, 2.24) is 19.5 Å². The summed E-state index contributed by atoms with van der Waals surface area (Å²) in [6, 6.07) is 8.99. The normalized spacial score (nSPS) is 18.5. The summed E-state index contributed by atoms with van der Waals surface area (Å²) < 4.78 is 7.67. The maximum absolute atomic E-state index is 5.43. The molecular formula is C21H26N6O. The first-order valence-corrected chi connectivity index (χ1v) is 10.3. The largest absolute Gasteiger partial charge is 0.378 e. The van der Waals surface area contributed by atoms with Crippen LogP contribution < -0.4 is 10.2 Å². The average Bonchev–Trinajstić information content (AvgIpc) is 3.21. The zero-order valence-electron chi connectivity index (χ0n) is 16.0. The van der Waals surface area contributed by atoms with Crippen molar-refractivity contribution < 1.29 is 4.74 Å². The lowest BCUT2D eigenvalue weighted by Gasteiger charge is -2.28. The van der Waals surface area contributed by atoms with E-state index in [0.717, 1.165) is 49.0 Å². The van der Waals surface area contributed by atoms with E-state index in [1.165, 1.54) is 37.8 Å². The van der Waals surface area contributed by atoms with Gasteiger partial charge in [-0.1, -0.05) is 19.3 Å². The molecule has 1 saturated carbocycles. The predicted octanol–water partition coefficient (Wildman–Crippen LogP) is 3.91. The van der Waals surface area contributed by atoms with Gasteiger partial charge in [-0.05, 0) is 37.1 Å². The Kier molecular flexibility index (Phi) is 4.83. The van der Waals surface area contributed by atoms with Crippen molar-refractivity contribution >= 4 is 28.4 Å². The fourth-order valence-corrected chi connectivity index (χ4v) is 4.28. The molecule has 0 amide bonds. The topological polar surface area (TPSA) is 68.1 Å². The first-order valence-electron chi connectivity index (χ1n) is 10.3. The minimum Gasteiger partial charge on any atom is -0.378 e. The van der Waals surface area contributed by atoms with Gasteiger partial charge in [-0.3, -0.25) is 0 Å². The molecular weight excluding hydrogens is 352 g/mol. The maximum Gasteiger partial charge on any atom is 0.165 e. The summed E-state index contributed by atoms with van der Waals surface area (Å²) in [5.41, 5.74) is 3.99. The van der Waals surface area contributed by atoms with E-state index in [4.69, 9.17) is 4.74 Å². The Morgan fingerprint density at radius 3 is 2.50 bits per heavy atom. The third kappa shape index (κ3) is 3.42. The molecule has 0 unspecified atom stereocenters. The van der Waals surface area contributed by atoms with Gasteiger partial charge in [0, 0.05) is 30.5 Å². The van der Waals surface area contributed by atoms with Gasteiger partial charge in [0.05, 0.1) is 19.5 Å². The number of hydrogen-bond donors (Lipinski definition) is 1. The SMILES string of the molecule is c1nc(Nc2ccc(N3CCOCC3)cc2)c2ncn(C3CCCCC3)c2n1. The van der Waals surface area contributed by atoms with Gasteiger partial charge < -0.3 is 19.5 Å². The summed E-state index contributed by atoms with van der Waals surface area (Å²) in [6.07, 6.45) is 9.90. The predicted molar refractivity (Wildman–Crippen MR) is 110 cm³/mol. The minimum atomic E-state index is 0.509. The molecule has 2 fully saturated rings. The average molecular weight is 378 g/mol. The van der Waals surface area contributed by atoms with E-state index in [0.29, 0.717) is 6.04 Å². The summed E-state index contributed by atoms with van der Waals surface area (Å²) in [6.45, 7) is 3.47. The Morgan fingerprint density at radius 2 is 1.71 bits per heavy atom. The van der Waals surface area contributed by atoms with Crippen molar-refractivity contribution in [3.05, 3.63) is 36.9 Å². The van der Waals surface area contributed by atoms with E-state index < -0.39 is 0 Å². The Labute approximate surface area is 164 Å². The van der Waals surface area contributed by atoms with Crippen LogP contribution in [0.15, 0.2) is 36.9 Å². The smallest absolute Gasteiger partial charge is 0.165 e. The van der Waals surface area contributed by atoms with Gasteiger partial charge in [0.1, 0.15) is 6.33 Å². The van der Waals surface area contributed by atoms with E-state index in [9.17, 15) is 0 Å². The van der Waals surface area contributed by atoms with Crippen LogP contribution in [-0.4, -0.2) is 45.8 Å². The molecule has 146 valence electrons. The molecule has 7 heteroatoms. The molecule has 1 saturated heterocycles. The summed E-state index contributed by atoms with van der Waals surface area (Å²) >= 11 is 0. The summed E-state index contributed by atoms with van der Waals surface area (Å²) in [7, 11) is 0. The number of nitrogens with one attached hydrogen (secondary N) is 1. The first kappa shape index (κ1) is 17.4. The van der Waals surface area contributed by atoms with Crippen molar-refractivity contribution in [3.63, 3.8) is 0 Å². The van der Waals surface area contributed by atoms with Crippen molar-refractivity contribution in [3.8, 4) is 0 Å². The summed E-state index contributed by atoms with van der Waals surface area (Å²) in [5.74, 6) is 0.763. The molecule has 0 atom stereocenters. The van der Waals surface area contributed by atoms with E-state index in [1.54, 1.807) is 6.33 Å². The summed E-state index contributed by atoms with van der Waals surface area (Å²) in [5, 5.41) is 3.42. The number of aromatic nitrogens is 4. The summed E-state index contributed by atoms with van der Waals surface area (Å²) in [4.78, 5) is 16.0. The lowest BCUT2D eigenvalue weighted by molar-refractivity contribution is 0.122. The van der Waals surface area contributed by atoms with Crippen LogP contribution in [-0.2, 0) is 4.74 Å². The van der Waals surface area contributed by atoms with E-state index in [1.807, 2.05) is 6.33 Å². The lowest BCUT2D eigenvalue weighted by Crippen LogP contribution is -2.36. The van der Waals surface area contributed by atoms with E-state index in [-0.39, 0.29) is 0 Å². The highest BCUT2D eigenvalue weighted by Gasteiger charge is 2.19. The molecule has 1 aliphatic carbocycles. The van der Waals surface area contributed by atoms with Crippen LogP contribution in [0.2, 0.25) is 0 Å². The van der Waals surface area contributed by atoms with Crippen molar-refractivity contribution in [2.24, 2.45) is 0 Å². The van der Waals surface area contributed by atoms with Gasteiger partial charge in [0.15, 0.2) is 17.0 Å². The maximum atomic E-state index is 5.43. The number of benzene rings is 1. The van der Waals surface area contributed by atoms with Crippen LogP contribution >= 0.6 is 0 Å². The first-order chi connectivity index (χ1) is 13.9. The third-order valence-electron chi connectivity index (χ3n) is 5.83. The number of morpholine rings is 1. The molecule has 2 aromatic heterocycles. The van der Waals surface area contributed by atoms with E-state index in [2.05, 4.69) is 54.0 Å². The molecule has 0 radical (unpaired) electrons. The van der Waals surface area contributed by atoms with Crippen LogP contribution in [0, 0.1) is 0 Å². The van der Waals surface area contributed by atoms with Gasteiger partial charge in [0.2, 0.25) is 0 Å². The molecule has 1 N–H and O–H groups in total. The van der Waals surface area contributed by atoms with Crippen molar-refractivity contribution in [1.29, 1.82) is 0 Å². The monoisotopic (exact) mass is 378 g/mol. The van der Waals surface area contributed by atoms with Crippen molar-refractivity contribution in [2.75, 3.05) is 36.5 Å². The van der Waals surface area contributed by atoms with Gasteiger partial charge in [-0.25, -0.2) is 15.0 Å². The third-order valence-corrected chi connectivity index (χ3v) is 5.83. The highest BCUT2D eigenvalue weighted by molar-refractivity contribution is 5.85. The quantitative estimate of drug-likeness (QED) is 0.742. The second kappa shape index (κ2) is 7.75.